The van der Waals surface area contributed by atoms with Gasteiger partial charge in [0.1, 0.15) is 22.3 Å². The molecule has 2 heteroatoms. The molecule has 0 unspecified atom stereocenters. The fourth-order valence-electron chi connectivity index (χ4n) is 18.2. The Morgan fingerprint density at radius 1 is 0.139 bits per heavy atom. The van der Waals surface area contributed by atoms with Crippen LogP contribution in [0, 0.1) is 0 Å². The van der Waals surface area contributed by atoms with Crippen LogP contribution in [0.15, 0.2) is 397 Å². The lowest BCUT2D eigenvalue weighted by atomic mass is 9.82. The Morgan fingerprint density at radius 2 is 0.361 bits per heavy atom. The number of hydrogen-bond acceptors (Lipinski definition) is 2. The van der Waals surface area contributed by atoms with Gasteiger partial charge >= 0.3 is 0 Å². The molecular formula is C106H64O2. The molecule has 22 aromatic rings. The van der Waals surface area contributed by atoms with Crippen LogP contribution < -0.4 is 0 Å². The van der Waals surface area contributed by atoms with Gasteiger partial charge in [-0.15, -0.1) is 0 Å². The summed E-state index contributed by atoms with van der Waals surface area (Å²) in [6.45, 7) is 0. The Labute approximate surface area is 623 Å². The zero-order valence-electron chi connectivity index (χ0n) is 58.8. The molecule has 108 heavy (non-hydrogen) atoms. The van der Waals surface area contributed by atoms with E-state index in [1.165, 1.54) is 137 Å². The second-order valence-electron chi connectivity index (χ2n) is 28.7. The SMILES string of the molecule is c1ccc(-c2cc(-c3ccccc3)cc(-c3c4ccccc4c(-c4ccc(-c5cc6cc(-c7cc(-c8c9ccccc9c(-c9ccccc9)c9ccccc89)cc(-c8c9ccccc9c(-c9ccccc9)c9ccccc89)c7)c7oc8ccccc8c7c6c6c5oc5ccccc56)cc4)c4ccccc34)c2)cc1. The average Bonchev–Trinajstić information content (AvgIpc) is 1.44. The summed E-state index contributed by atoms with van der Waals surface area (Å²) in [5.41, 5.74) is 26.3. The van der Waals surface area contributed by atoms with Crippen LogP contribution in [0.3, 0.4) is 0 Å². The lowest BCUT2D eigenvalue weighted by Gasteiger charge is -2.21. The molecule has 0 N–H and O–H groups in total. The zero-order valence-corrected chi connectivity index (χ0v) is 58.8. The van der Waals surface area contributed by atoms with Crippen molar-refractivity contribution < 1.29 is 8.83 Å². The van der Waals surface area contributed by atoms with Crippen LogP contribution >= 0.6 is 0 Å². The van der Waals surface area contributed by atoms with Crippen LogP contribution in [0.5, 0.6) is 0 Å². The number of fused-ring (bicyclic) bond motifs is 15. The first-order valence-corrected chi connectivity index (χ1v) is 37.3. The molecule has 0 aliphatic heterocycles. The lowest BCUT2D eigenvalue weighted by molar-refractivity contribution is 0.670. The highest BCUT2D eigenvalue weighted by molar-refractivity contribution is 6.35. The Kier molecular flexibility index (Phi) is 14.0. The lowest BCUT2D eigenvalue weighted by Crippen LogP contribution is -1.94. The molecule has 0 aliphatic rings. The van der Waals surface area contributed by atoms with Crippen molar-refractivity contribution in [3.63, 3.8) is 0 Å². The molecule has 0 atom stereocenters. The first-order valence-electron chi connectivity index (χ1n) is 37.3. The van der Waals surface area contributed by atoms with Gasteiger partial charge in [0, 0.05) is 38.1 Å². The van der Waals surface area contributed by atoms with Crippen molar-refractivity contribution in [1.29, 1.82) is 0 Å². The molecule has 0 aliphatic carbocycles. The van der Waals surface area contributed by atoms with Gasteiger partial charge in [0.05, 0.1) is 0 Å². The fourth-order valence-corrected chi connectivity index (χ4v) is 18.2. The van der Waals surface area contributed by atoms with Crippen molar-refractivity contribution in [2.75, 3.05) is 0 Å². The maximum atomic E-state index is 7.47. The number of furan rings is 2. The van der Waals surface area contributed by atoms with Gasteiger partial charge in [0.25, 0.3) is 0 Å². The summed E-state index contributed by atoms with van der Waals surface area (Å²) in [6, 6.07) is 143. The Bertz CT molecular complexity index is 7020. The van der Waals surface area contributed by atoms with Gasteiger partial charge in [0.15, 0.2) is 0 Å². The molecule has 0 spiro atoms. The van der Waals surface area contributed by atoms with Gasteiger partial charge < -0.3 is 8.83 Å². The van der Waals surface area contributed by atoms with E-state index in [1.54, 1.807) is 0 Å². The monoisotopic (exact) mass is 1370 g/mol. The van der Waals surface area contributed by atoms with E-state index >= 15 is 0 Å². The van der Waals surface area contributed by atoms with Crippen molar-refractivity contribution in [1.82, 2.24) is 0 Å². The molecule has 20 aromatic carbocycles. The Morgan fingerprint density at radius 3 is 0.685 bits per heavy atom. The third-order valence-corrected chi connectivity index (χ3v) is 22.7. The van der Waals surface area contributed by atoms with E-state index in [-0.39, 0.29) is 0 Å². The van der Waals surface area contributed by atoms with Gasteiger partial charge in [-0.25, -0.2) is 0 Å². The molecular weight excluding hydrogens is 1310 g/mol. The summed E-state index contributed by atoms with van der Waals surface area (Å²) in [5, 5.41) is 20.8. The number of para-hydroxylation sites is 2. The largest absolute Gasteiger partial charge is 0.455 e. The maximum absolute atomic E-state index is 7.47. The first-order chi connectivity index (χ1) is 53.6. The average molecular weight is 1370 g/mol. The van der Waals surface area contributed by atoms with Crippen LogP contribution in [0.25, 0.3) is 231 Å². The molecule has 0 saturated carbocycles. The normalized spacial score (nSPS) is 11.9. The highest BCUT2D eigenvalue weighted by atomic mass is 16.3. The van der Waals surface area contributed by atoms with E-state index in [9.17, 15) is 0 Å². The third-order valence-electron chi connectivity index (χ3n) is 22.7. The predicted octanol–water partition coefficient (Wildman–Crippen LogP) is 30.2. The molecule has 2 heterocycles. The fraction of sp³-hybridized carbons (Fsp3) is 0. The number of hydrogen-bond donors (Lipinski definition) is 0. The smallest absolute Gasteiger partial charge is 0.143 e. The van der Waals surface area contributed by atoms with Crippen molar-refractivity contribution in [2.24, 2.45) is 0 Å². The summed E-state index contributed by atoms with van der Waals surface area (Å²) in [4.78, 5) is 0. The predicted molar refractivity (Wildman–Crippen MR) is 458 cm³/mol. The summed E-state index contributed by atoms with van der Waals surface area (Å²) in [7, 11) is 0. The highest BCUT2D eigenvalue weighted by Crippen LogP contribution is 2.54. The molecule has 2 aromatic heterocycles. The summed E-state index contributed by atoms with van der Waals surface area (Å²) < 4.78 is 14.7. The van der Waals surface area contributed by atoms with Gasteiger partial charge in [-0.2, -0.15) is 0 Å². The van der Waals surface area contributed by atoms with E-state index < -0.39 is 0 Å². The minimum absolute atomic E-state index is 0.824. The third kappa shape index (κ3) is 9.67. The molecule has 0 bridgehead atoms. The topological polar surface area (TPSA) is 26.3 Å². The van der Waals surface area contributed by atoms with E-state index in [0.29, 0.717) is 0 Å². The minimum Gasteiger partial charge on any atom is -0.455 e. The molecule has 0 amide bonds. The summed E-state index contributed by atoms with van der Waals surface area (Å²) in [6.07, 6.45) is 0. The van der Waals surface area contributed by atoms with Crippen LogP contribution in [-0.2, 0) is 0 Å². The second kappa shape index (κ2) is 24.7. The van der Waals surface area contributed by atoms with Crippen molar-refractivity contribution >= 4 is 119 Å². The van der Waals surface area contributed by atoms with Crippen LogP contribution in [0.4, 0.5) is 0 Å². The molecule has 0 radical (unpaired) electrons. The van der Waals surface area contributed by atoms with E-state index in [4.69, 9.17) is 8.83 Å². The molecule has 0 fully saturated rings. The van der Waals surface area contributed by atoms with E-state index in [2.05, 4.69) is 388 Å². The number of rotatable bonds is 10. The van der Waals surface area contributed by atoms with Crippen LogP contribution in [0.2, 0.25) is 0 Å². The van der Waals surface area contributed by atoms with Gasteiger partial charge in [0.2, 0.25) is 0 Å². The maximum Gasteiger partial charge on any atom is 0.143 e. The van der Waals surface area contributed by atoms with Crippen LogP contribution in [0.1, 0.15) is 0 Å². The van der Waals surface area contributed by atoms with Crippen molar-refractivity contribution in [3.8, 4) is 111 Å². The minimum atomic E-state index is 0.824. The summed E-state index contributed by atoms with van der Waals surface area (Å²) >= 11 is 0. The first kappa shape index (κ1) is 61.3. The van der Waals surface area contributed by atoms with Crippen LogP contribution in [-0.4, -0.2) is 0 Å². The molecule has 0 saturated heterocycles. The second-order valence-corrected chi connectivity index (χ2v) is 28.7. The van der Waals surface area contributed by atoms with Crippen molar-refractivity contribution in [3.05, 3.63) is 388 Å². The quantitative estimate of drug-likeness (QED) is 0.128. The van der Waals surface area contributed by atoms with E-state index in [1.807, 2.05) is 0 Å². The molecule has 500 valence electrons. The molecule has 22 rings (SSSR count). The summed E-state index contributed by atoms with van der Waals surface area (Å²) in [5.74, 6) is 0. The standard InChI is InChI=1S/C106H64O2/c1-5-29-65(30-6-1)71-57-72(66-31-7-2-8-32-66)59-74(58-71)99-88-47-23-17-41-82(88)98(83-42-18-24-48-89(83)99)70-55-53-67(54-56-70)92-63-77-64-93(106-104(91-50-26-28-52-95(91)108-106)102(77)103-90-49-25-27-51-94(90)107-105(92)103)73-60-75(100-84-43-19-13-37-78(84)96(68-33-9-3-10-34-68)79-38-14-20-44-85(79)100)62-76(61-73)101-86-45-21-15-39-80(86)97(69-35-11-4-12-36-69)81-40-16-22-46-87(81)101/h1-64H. The van der Waals surface area contributed by atoms with E-state index in [0.717, 1.165) is 93.6 Å². The molecule has 2 nitrogen and oxygen atoms in total. The Hall–Kier alpha value is -14.2. The Balaban J connectivity index is 0.792. The number of benzene rings is 20. The van der Waals surface area contributed by atoms with Gasteiger partial charge in [-0.3, -0.25) is 0 Å². The van der Waals surface area contributed by atoms with Gasteiger partial charge in [-0.1, -0.05) is 328 Å². The zero-order chi connectivity index (χ0) is 70.9. The van der Waals surface area contributed by atoms with Crippen molar-refractivity contribution in [2.45, 2.75) is 0 Å². The highest BCUT2D eigenvalue weighted by Gasteiger charge is 2.28. The van der Waals surface area contributed by atoms with Gasteiger partial charge in [-0.05, 0) is 231 Å².